The third kappa shape index (κ3) is 3.37. The first-order chi connectivity index (χ1) is 7.92. The highest BCUT2D eigenvalue weighted by molar-refractivity contribution is 6.17. The summed E-state index contributed by atoms with van der Waals surface area (Å²) >= 11 is 5.86. The maximum atomic E-state index is 5.86. The minimum absolute atomic E-state index is 0.829. The van der Waals surface area contributed by atoms with E-state index in [2.05, 4.69) is 4.90 Å². The van der Waals surface area contributed by atoms with Gasteiger partial charge in [-0.3, -0.25) is 4.90 Å². The third-order valence-corrected chi connectivity index (χ3v) is 4.65. The SMILES string of the molecule is ClCCCN(C1CCCCCC1)C1CCC1. The van der Waals surface area contributed by atoms with Gasteiger partial charge in [0.1, 0.15) is 0 Å². The molecule has 0 bridgehead atoms. The summed E-state index contributed by atoms with van der Waals surface area (Å²) in [5.74, 6) is 0.829. The molecule has 1 nitrogen and oxygen atoms in total. The van der Waals surface area contributed by atoms with Gasteiger partial charge in [-0.25, -0.2) is 0 Å². The maximum absolute atomic E-state index is 5.86. The van der Waals surface area contributed by atoms with E-state index in [4.69, 9.17) is 11.6 Å². The fourth-order valence-electron chi connectivity index (χ4n) is 3.21. The van der Waals surface area contributed by atoms with Crippen molar-refractivity contribution in [3.05, 3.63) is 0 Å². The van der Waals surface area contributed by atoms with E-state index in [0.29, 0.717) is 0 Å². The fourth-order valence-corrected chi connectivity index (χ4v) is 3.33. The highest BCUT2D eigenvalue weighted by Gasteiger charge is 2.30. The Balaban J connectivity index is 1.86. The van der Waals surface area contributed by atoms with E-state index in [-0.39, 0.29) is 0 Å². The van der Waals surface area contributed by atoms with Gasteiger partial charge in [0.15, 0.2) is 0 Å². The fraction of sp³-hybridized carbons (Fsp3) is 1.00. The van der Waals surface area contributed by atoms with Gasteiger partial charge in [0.05, 0.1) is 0 Å². The number of hydrogen-bond acceptors (Lipinski definition) is 1. The Hall–Kier alpha value is 0.250. The highest BCUT2D eigenvalue weighted by atomic mass is 35.5. The van der Waals surface area contributed by atoms with Gasteiger partial charge in [0.2, 0.25) is 0 Å². The number of rotatable bonds is 5. The first kappa shape index (κ1) is 12.7. The van der Waals surface area contributed by atoms with Gasteiger partial charge < -0.3 is 0 Å². The van der Waals surface area contributed by atoms with Crippen LogP contribution in [0, 0.1) is 0 Å². The van der Waals surface area contributed by atoms with Gasteiger partial charge in [-0.1, -0.05) is 32.1 Å². The van der Waals surface area contributed by atoms with Crippen LogP contribution in [0.25, 0.3) is 0 Å². The maximum Gasteiger partial charge on any atom is 0.0235 e. The van der Waals surface area contributed by atoms with Crippen molar-refractivity contribution in [1.29, 1.82) is 0 Å². The molecule has 0 aromatic rings. The van der Waals surface area contributed by atoms with Crippen LogP contribution in [-0.4, -0.2) is 29.4 Å². The van der Waals surface area contributed by atoms with E-state index in [1.807, 2.05) is 0 Å². The molecule has 0 aromatic heterocycles. The number of halogens is 1. The molecule has 0 amide bonds. The zero-order valence-corrected chi connectivity index (χ0v) is 11.2. The topological polar surface area (TPSA) is 3.24 Å². The molecule has 94 valence electrons. The zero-order valence-electron chi connectivity index (χ0n) is 10.5. The van der Waals surface area contributed by atoms with Crippen LogP contribution in [0.5, 0.6) is 0 Å². The van der Waals surface area contributed by atoms with Crippen LogP contribution < -0.4 is 0 Å². The smallest absolute Gasteiger partial charge is 0.0235 e. The minimum Gasteiger partial charge on any atom is -0.297 e. The molecule has 2 saturated carbocycles. The predicted molar refractivity (Wildman–Crippen MR) is 71.2 cm³/mol. The molecule has 2 fully saturated rings. The van der Waals surface area contributed by atoms with Crippen molar-refractivity contribution in [2.45, 2.75) is 76.3 Å². The van der Waals surface area contributed by atoms with Crippen molar-refractivity contribution in [3.63, 3.8) is 0 Å². The van der Waals surface area contributed by atoms with Crippen LogP contribution in [0.3, 0.4) is 0 Å². The van der Waals surface area contributed by atoms with Gasteiger partial charge in [0, 0.05) is 18.0 Å². The van der Waals surface area contributed by atoms with Crippen LogP contribution in [0.15, 0.2) is 0 Å². The molecule has 2 rings (SSSR count). The lowest BCUT2D eigenvalue weighted by Gasteiger charge is -2.42. The average molecular weight is 244 g/mol. The monoisotopic (exact) mass is 243 g/mol. The first-order valence-corrected chi connectivity index (χ1v) is 7.77. The minimum atomic E-state index is 0.829. The predicted octanol–water partition coefficient (Wildman–Crippen LogP) is 4.19. The Kier molecular flexibility index (Phi) is 5.44. The van der Waals surface area contributed by atoms with E-state index in [9.17, 15) is 0 Å². The number of hydrogen-bond donors (Lipinski definition) is 0. The number of alkyl halides is 1. The van der Waals surface area contributed by atoms with Crippen LogP contribution in [-0.2, 0) is 0 Å². The summed E-state index contributed by atoms with van der Waals surface area (Å²) in [5.41, 5.74) is 0. The lowest BCUT2D eigenvalue weighted by Crippen LogP contribution is -2.47. The summed E-state index contributed by atoms with van der Waals surface area (Å²) in [7, 11) is 0. The molecule has 0 saturated heterocycles. The van der Waals surface area contributed by atoms with Gasteiger partial charge >= 0.3 is 0 Å². The number of nitrogens with zero attached hydrogens (tertiary/aromatic N) is 1. The average Bonchev–Trinajstić information content (AvgIpc) is 2.49. The van der Waals surface area contributed by atoms with Crippen LogP contribution >= 0.6 is 11.6 Å². The Morgan fingerprint density at radius 2 is 1.38 bits per heavy atom. The molecule has 0 radical (unpaired) electrons. The van der Waals surface area contributed by atoms with E-state index >= 15 is 0 Å². The lowest BCUT2D eigenvalue weighted by atomic mass is 9.89. The van der Waals surface area contributed by atoms with Crippen molar-refractivity contribution < 1.29 is 0 Å². The van der Waals surface area contributed by atoms with Crippen molar-refractivity contribution >= 4 is 11.6 Å². The summed E-state index contributed by atoms with van der Waals surface area (Å²) in [5, 5.41) is 0. The normalized spacial score (nSPS) is 24.4. The van der Waals surface area contributed by atoms with Crippen molar-refractivity contribution in [3.8, 4) is 0 Å². The third-order valence-electron chi connectivity index (χ3n) is 4.39. The largest absolute Gasteiger partial charge is 0.297 e. The Morgan fingerprint density at radius 1 is 0.812 bits per heavy atom. The van der Waals surface area contributed by atoms with Gasteiger partial charge in [0.25, 0.3) is 0 Å². The molecule has 2 aliphatic carbocycles. The second kappa shape index (κ2) is 6.86. The van der Waals surface area contributed by atoms with Crippen LogP contribution in [0.1, 0.15) is 64.2 Å². The van der Waals surface area contributed by atoms with E-state index < -0.39 is 0 Å². The molecule has 0 aromatic carbocycles. The molecule has 2 heteroatoms. The Morgan fingerprint density at radius 3 is 1.81 bits per heavy atom. The molecule has 0 N–H and O–H groups in total. The molecule has 0 unspecified atom stereocenters. The van der Waals surface area contributed by atoms with Gasteiger partial charge in [-0.2, -0.15) is 0 Å². The molecule has 0 atom stereocenters. The van der Waals surface area contributed by atoms with Crippen molar-refractivity contribution in [1.82, 2.24) is 4.90 Å². The molecule has 16 heavy (non-hydrogen) atoms. The molecular weight excluding hydrogens is 218 g/mol. The van der Waals surface area contributed by atoms with Crippen LogP contribution in [0.4, 0.5) is 0 Å². The second-order valence-corrected chi connectivity index (χ2v) is 5.89. The van der Waals surface area contributed by atoms with E-state index in [0.717, 1.165) is 18.0 Å². The summed E-state index contributed by atoms with van der Waals surface area (Å²) in [6, 6.07) is 1.79. The molecule has 0 aliphatic heterocycles. The Labute approximate surface area is 106 Å². The van der Waals surface area contributed by atoms with Crippen LogP contribution in [0.2, 0.25) is 0 Å². The summed E-state index contributed by atoms with van der Waals surface area (Å²) in [4.78, 5) is 2.82. The van der Waals surface area contributed by atoms with Gasteiger partial charge in [-0.15, -0.1) is 11.6 Å². The van der Waals surface area contributed by atoms with E-state index in [1.54, 1.807) is 0 Å². The molecule has 0 heterocycles. The summed E-state index contributed by atoms with van der Waals surface area (Å²) in [6.07, 6.45) is 14.2. The lowest BCUT2D eigenvalue weighted by molar-refractivity contribution is 0.0713. The molecule has 2 aliphatic rings. The quantitative estimate of drug-likeness (QED) is 0.517. The molecule has 0 spiro atoms. The Bertz CT molecular complexity index is 183. The van der Waals surface area contributed by atoms with Gasteiger partial charge in [-0.05, 0) is 38.6 Å². The highest BCUT2D eigenvalue weighted by Crippen LogP contribution is 2.31. The summed E-state index contributed by atoms with van der Waals surface area (Å²) < 4.78 is 0. The van der Waals surface area contributed by atoms with Crippen molar-refractivity contribution in [2.75, 3.05) is 12.4 Å². The zero-order chi connectivity index (χ0) is 11.2. The first-order valence-electron chi connectivity index (χ1n) is 7.23. The van der Waals surface area contributed by atoms with Crippen molar-refractivity contribution in [2.24, 2.45) is 0 Å². The summed E-state index contributed by atoms with van der Waals surface area (Å²) in [6.45, 7) is 1.25. The van der Waals surface area contributed by atoms with E-state index in [1.165, 1.54) is 70.8 Å². The second-order valence-electron chi connectivity index (χ2n) is 5.51. The molecular formula is C14H26ClN. The standard InChI is InChI=1S/C14H26ClN/c15-11-6-12-16(14-9-5-10-14)13-7-3-1-2-4-8-13/h13-14H,1-12H2.